The fourth-order valence-electron chi connectivity index (χ4n) is 2.67. The minimum absolute atomic E-state index is 0.0207. The monoisotopic (exact) mass is 397 g/mol. The van der Waals surface area contributed by atoms with E-state index in [-0.39, 0.29) is 29.2 Å². The van der Waals surface area contributed by atoms with Crippen molar-refractivity contribution < 1.29 is 18.7 Å². The highest BCUT2D eigenvalue weighted by molar-refractivity contribution is 5.88. The lowest BCUT2D eigenvalue weighted by Crippen LogP contribution is -2.33. The summed E-state index contributed by atoms with van der Waals surface area (Å²) >= 11 is 0. The van der Waals surface area contributed by atoms with Gasteiger partial charge in [-0.2, -0.15) is 0 Å². The third kappa shape index (κ3) is 4.52. The average Bonchev–Trinajstić information content (AvgIpc) is 2.64. The van der Waals surface area contributed by atoms with E-state index < -0.39 is 17.4 Å². The molecule has 29 heavy (non-hydrogen) atoms. The van der Waals surface area contributed by atoms with Crippen LogP contribution in [0.15, 0.2) is 56.5 Å². The number of hydrogen-bond acceptors (Lipinski definition) is 6. The molecule has 0 unspecified atom stereocenters. The molecule has 0 saturated heterocycles. The number of rotatable bonds is 4. The maximum atomic E-state index is 12.8. The highest BCUT2D eigenvalue weighted by atomic mass is 16.6. The van der Waals surface area contributed by atoms with Crippen LogP contribution < -0.4 is 21.4 Å². The van der Waals surface area contributed by atoms with Gasteiger partial charge in [0.2, 0.25) is 5.91 Å². The molecule has 1 heterocycles. The molecule has 0 bridgehead atoms. The Morgan fingerprint density at radius 3 is 2.59 bits per heavy atom. The first kappa shape index (κ1) is 19.9. The maximum absolute atomic E-state index is 12.8. The Balaban J connectivity index is 1.96. The first-order valence-electron chi connectivity index (χ1n) is 8.68. The molecular weight excluding hydrogens is 378 g/mol. The van der Waals surface area contributed by atoms with Gasteiger partial charge < -0.3 is 19.4 Å². The number of carbonyl (C=O) groups is 2. The van der Waals surface area contributed by atoms with E-state index in [1.165, 1.54) is 44.1 Å². The maximum Gasteiger partial charge on any atom is 0.422 e. The topological polar surface area (TPSA) is 111 Å². The minimum Gasteiger partial charge on any atom is -0.410 e. The van der Waals surface area contributed by atoms with Crippen molar-refractivity contribution >= 4 is 28.7 Å². The second-order valence-corrected chi connectivity index (χ2v) is 6.56. The summed E-state index contributed by atoms with van der Waals surface area (Å²) in [5.41, 5.74) is 0.682. The predicted octanol–water partition coefficient (Wildman–Crippen LogP) is 2.02. The highest BCUT2D eigenvalue weighted by Crippen LogP contribution is 2.18. The zero-order valence-corrected chi connectivity index (χ0v) is 16.1. The normalized spacial score (nSPS) is 10.6. The van der Waals surface area contributed by atoms with Crippen molar-refractivity contribution in [2.45, 2.75) is 13.5 Å². The lowest BCUT2D eigenvalue weighted by Gasteiger charge is -2.11. The Hall–Kier alpha value is -3.88. The van der Waals surface area contributed by atoms with Crippen molar-refractivity contribution in [2.75, 3.05) is 19.4 Å². The molecule has 2 aromatic carbocycles. The number of hydrogen-bond donors (Lipinski definition) is 1. The van der Waals surface area contributed by atoms with Gasteiger partial charge in [0.15, 0.2) is 0 Å². The number of carbonyl (C=O) groups excluding carboxylic acids is 2. The zero-order chi connectivity index (χ0) is 21.1. The van der Waals surface area contributed by atoms with Crippen molar-refractivity contribution in [3.8, 4) is 5.75 Å². The highest BCUT2D eigenvalue weighted by Gasteiger charge is 2.13. The summed E-state index contributed by atoms with van der Waals surface area (Å²) in [5, 5.41) is 2.82. The van der Waals surface area contributed by atoms with Crippen LogP contribution in [0, 0.1) is 0 Å². The molecular formula is C20H19N3O6. The smallest absolute Gasteiger partial charge is 0.410 e. The van der Waals surface area contributed by atoms with Gasteiger partial charge in [0, 0.05) is 32.8 Å². The largest absolute Gasteiger partial charge is 0.422 e. The summed E-state index contributed by atoms with van der Waals surface area (Å²) in [5.74, 6) is -0.918. The molecule has 9 nitrogen and oxygen atoms in total. The number of nitrogens with one attached hydrogen (secondary N) is 1. The molecule has 1 aromatic heterocycles. The summed E-state index contributed by atoms with van der Waals surface area (Å²) in [6.07, 6.45) is -0.598. The number of nitrogens with zero attached hydrogens (tertiary/aromatic N) is 2. The molecule has 3 rings (SSSR count). The van der Waals surface area contributed by atoms with E-state index in [1.54, 1.807) is 24.3 Å². The van der Waals surface area contributed by atoms with Crippen molar-refractivity contribution in [1.82, 2.24) is 9.47 Å². The van der Waals surface area contributed by atoms with E-state index in [2.05, 4.69) is 5.32 Å². The molecule has 0 atom stereocenters. The Labute approximate surface area is 165 Å². The van der Waals surface area contributed by atoms with E-state index in [1.807, 2.05) is 0 Å². The van der Waals surface area contributed by atoms with Crippen molar-refractivity contribution in [3.05, 3.63) is 68.9 Å². The summed E-state index contributed by atoms with van der Waals surface area (Å²) in [6.45, 7) is 1.36. The molecule has 2 amide bonds. The quantitative estimate of drug-likeness (QED) is 0.721. The lowest BCUT2D eigenvalue weighted by atomic mass is 10.2. The molecule has 0 fully saturated rings. The second kappa shape index (κ2) is 8.01. The van der Waals surface area contributed by atoms with Crippen LogP contribution in [0.2, 0.25) is 0 Å². The fourth-order valence-corrected chi connectivity index (χ4v) is 2.67. The van der Waals surface area contributed by atoms with E-state index in [4.69, 9.17) is 9.15 Å². The van der Waals surface area contributed by atoms with E-state index in [9.17, 15) is 19.2 Å². The van der Waals surface area contributed by atoms with Gasteiger partial charge in [-0.15, -0.1) is 0 Å². The van der Waals surface area contributed by atoms with Crippen molar-refractivity contribution in [2.24, 2.45) is 0 Å². The van der Waals surface area contributed by atoms with Crippen LogP contribution in [0.25, 0.3) is 11.0 Å². The number of amides is 2. The molecule has 0 radical (unpaired) electrons. The van der Waals surface area contributed by atoms with Crippen LogP contribution in [0.1, 0.15) is 12.5 Å². The Morgan fingerprint density at radius 1 is 1.14 bits per heavy atom. The van der Waals surface area contributed by atoms with Gasteiger partial charge in [0.25, 0.3) is 5.56 Å². The number of ether oxygens (including phenoxy) is 1. The van der Waals surface area contributed by atoms with Crippen molar-refractivity contribution in [1.29, 1.82) is 0 Å². The first-order chi connectivity index (χ1) is 13.7. The van der Waals surface area contributed by atoms with Crippen molar-refractivity contribution in [3.63, 3.8) is 0 Å². The van der Waals surface area contributed by atoms with Crippen LogP contribution in [0.4, 0.5) is 10.5 Å². The third-order valence-electron chi connectivity index (χ3n) is 4.00. The number of fused-ring (bicyclic) bond motifs is 1. The van der Waals surface area contributed by atoms with Crippen LogP contribution in [-0.4, -0.2) is 35.6 Å². The summed E-state index contributed by atoms with van der Waals surface area (Å²) in [7, 11) is 3.06. The predicted molar refractivity (Wildman–Crippen MR) is 106 cm³/mol. The van der Waals surface area contributed by atoms with Crippen LogP contribution in [0.3, 0.4) is 0 Å². The molecule has 0 aliphatic carbocycles. The average molecular weight is 397 g/mol. The van der Waals surface area contributed by atoms with Gasteiger partial charge in [-0.3, -0.25) is 9.59 Å². The first-order valence-corrected chi connectivity index (χ1v) is 8.68. The SMILES string of the molecule is CC(=O)Nc1cccc(Cn2c(=O)oc3cc(OC(=O)N(C)C)ccc3c2=O)c1. The second-order valence-electron chi connectivity index (χ2n) is 6.56. The lowest BCUT2D eigenvalue weighted by molar-refractivity contribution is -0.114. The standard InChI is InChI=1S/C20H19N3O6/c1-12(24)21-14-6-4-5-13(9-14)11-23-18(25)16-8-7-15(28-19(26)22(2)3)10-17(16)29-20(23)27/h4-10H,11H2,1-3H3,(H,21,24). The van der Waals surface area contributed by atoms with Gasteiger partial charge in [0.05, 0.1) is 11.9 Å². The third-order valence-corrected chi connectivity index (χ3v) is 4.00. The summed E-state index contributed by atoms with van der Waals surface area (Å²) in [6, 6.07) is 11.0. The molecule has 150 valence electrons. The van der Waals surface area contributed by atoms with Gasteiger partial charge in [-0.05, 0) is 29.8 Å². The van der Waals surface area contributed by atoms with Crippen LogP contribution in [-0.2, 0) is 11.3 Å². The minimum atomic E-state index is -0.844. The molecule has 0 aliphatic heterocycles. The summed E-state index contributed by atoms with van der Waals surface area (Å²) in [4.78, 5) is 49.2. The Kier molecular flexibility index (Phi) is 5.49. The van der Waals surface area contributed by atoms with Gasteiger partial charge in [-0.1, -0.05) is 12.1 Å². The number of benzene rings is 2. The molecule has 3 aromatic rings. The van der Waals surface area contributed by atoms with Gasteiger partial charge in [-0.25, -0.2) is 14.2 Å². The molecule has 9 heteroatoms. The van der Waals surface area contributed by atoms with E-state index >= 15 is 0 Å². The fraction of sp³-hybridized carbons (Fsp3) is 0.200. The Bertz CT molecular complexity index is 1210. The summed E-state index contributed by atoms with van der Waals surface area (Å²) < 4.78 is 11.3. The molecule has 1 N–H and O–H groups in total. The van der Waals surface area contributed by atoms with Crippen LogP contribution >= 0.6 is 0 Å². The van der Waals surface area contributed by atoms with Crippen LogP contribution in [0.5, 0.6) is 5.75 Å². The number of aromatic nitrogens is 1. The zero-order valence-electron chi connectivity index (χ0n) is 16.1. The van der Waals surface area contributed by atoms with Gasteiger partial charge in [0.1, 0.15) is 11.3 Å². The van der Waals surface area contributed by atoms with E-state index in [0.717, 1.165) is 4.57 Å². The Morgan fingerprint density at radius 2 is 1.90 bits per heavy atom. The molecule has 0 saturated carbocycles. The molecule has 0 spiro atoms. The molecule has 0 aliphatic rings. The van der Waals surface area contributed by atoms with E-state index in [0.29, 0.717) is 11.3 Å². The van der Waals surface area contributed by atoms with Gasteiger partial charge >= 0.3 is 11.8 Å². The number of anilines is 1.